The number of hydrogen-bond acceptors (Lipinski definition) is 3. The van der Waals surface area contributed by atoms with Crippen molar-refractivity contribution in [2.24, 2.45) is 0 Å². The average Bonchev–Trinajstić information content (AvgIpc) is 3.13. The Bertz CT molecular complexity index is 918. The molecule has 5 heteroatoms. The van der Waals surface area contributed by atoms with Gasteiger partial charge in [0.25, 0.3) is 5.91 Å². The Labute approximate surface area is 165 Å². The maximum absolute atomic E-state index is 12.0. The van der Waals surface area contributed by atoms with Crippen molar-refractivity contribution in [3.05, 3.63) is 71.9 Å². The van der Waals surface area contributed by atoms with Gasteiger partial charge >= 0.3 is 5.97 Å². The van der Waals surface area contributed by atoms with E-state index in [1.165, 1.54) is 5.56 Å². The summed E-state index contributed by atoms with van der Waals surface area (Å²) in [5.41, 5.74) is 3.37. The fraction of sp³-hybridized carbons (Fsp3) is 0.304. The normalized spacial score (nSPS) is 11.9. The van der Waals surface area contributed by atoms with Crippen molar-refractivity contribution in [2.75, 3.05) is 6.61 Å². The number of amides is 1. The molecule has 0 aliphatic heterocycles. The van der Waals surface area contributed by atoms with Gasteiger partial charge < -0.3 is 15.0 Å². The number of ether oxygens (including phenoxy) is 1. The Morgan fingerprint density at radius 3 is 2.61 bits per heavy atom. The second kappa shape index (κ2) is 9.74. The fourth-order valence-electron chi connectivity index (χ4n) is 3.21. The van der Waals surface area contributed by atoms with Crippen LogP contribution in [-0.2, 0) is 27.2 Å². The topological polar surface area (TPSA) is 71.2 Å². The number of benzene rings is 2. The molecule has 146 valence electrons. The van der Waals surface area contributed by atoms with Gasteiger partial charge in [-0.15, -0.1) is 0 Å². The van der Waals surface area contributed by atoms with E-state index in [9.17, 15) is 9.59 Å². The highest BCUT2D eigenvalue weighted by Gasteiger charge is 2.12. The molecule has 0 aliphatic carbocycles. The molecule has 0 saturated carbocycles. The van der Waals surface area contributed by atoms with Crippen LogP contribution in [0.4, 0.5) is 0 Å². The molecule has 5 nitrogen and oxygen atoms in total. The van der Waals surface area contributed by atoms with Crippen LogP contribution in [0.2, 0.25) is 0 Å². The van der Waals surface area contributed by atoms with E-state index >= 15 is 0 Å². The van der Waals surface area contributed by atoms with Gasteiger partial charge in [-0.2, -0.15) is 0 Å². The van der Waals surface area contributed by atoms with Gasteiger partial charge in [0.2, 0.25) is 0 Å². The first kappa shape index (κ1) is 19.7. The first-order valence-electron chi connectivity index (χ1n) is 9.65. The molecule has 1 unspecified atom stereocenters. The molecule has 3 aromatic rings. The predicted molar refractivity (Wildman–Crippen MR) is 110 cm³/mol. The molecule has 1 heterocycles. The molecule has 1 atom stereocenters. The highest BCUT2D eigenvalue weighted by molar-refractivity contribution is 5.84. The number of H-pyrrole nitrogens is 1. The summed E-state index contributed by atoms with van der Waals surface area (Å²) in [4.78, 5) is 27.1. The second-order valence-electron chi connectivity index (χ2n) is 7.01. The van der Waals surface area contributed by atoms with Crippen LogP contribution in [0.15, 0.2) is 60.8 Å². The molecule has 0 bridgehead atoms. The molecule has 0 fully saturated rings. The number of rotatable bonds is 9. The van der Waals surface area contributed by atoms with Gasteiger partial charge in [0.1, 0.15) is 0 Å². The van der Waals surface area contributed by atoms with Crippen molar-refractivity contribution in [2.45, 2.75) is 38.6 Å². The van der Waals surface area contributed by atoms with E-state index in [1.807, 2.05) is 55.6 Å². The van der Waals surface area contributed by atoms with Crippen LogP contribution < -0.4 is 5.32 Å². The number of carbonyl (C=O) groups is 2. The molecule has 2 N–H and O–H groups in total. The van der Waals surface area contributed by atoms with Crippen LogP contribution in [0.1, 0.15) is 30.9 Å². The molecule has 1 aromatic heterocycles. The average molecular weight is 378 g/mol. The fourth-order valence-corrected chi connectivity index (χ4v) is 3.21. The molecular formula is C23H26N2O3. The van der Waals surface area contributed by atoms with E-state index in [0.29, 0.717) is 6.42 Å². The SMILES string of the molecule is CC(CCc1ccccc1)NC(=O)COC(=O)CCc1c[nH]c2ccccc12. The number of hydrogen-bond donors (Lipinski definition) is 2. The van der Waals surface area contributed by atoms with Crippen molar-refractivity contribution in [1.29, 1.82) is 0 Å². The van der Waals surface area contributed by atoms with Gasteiger partial charge in [-0.3, -0.25) is 9.59 Å². The number of fused-ring (bicyclic) bond motifs is 1. The number of aromatic amines is 1. The number of carbonyl (C=O) groups excluding carboxylic acids is 2. The first-order valence-corrected chi connectivity index (χ1v) is 9.65. The van der Waals surface area contributed by atoms with Crippen LogP contribution in [0.3, 0.4) is 0 Å². The summed E-state index contributed by atoms with van der Waals surface area (Å²) in [6, 6.07) is 18.1. The van der Waals surface area contributed by atoms with E-state index in [2.05, 4.69) is 22.4 Å². The number of para-hydroxylation sites is 1. The summed E-state index contributed by atoms with van der Waals surface area (Å²) in [6.07, 6.45) is 4.48. The van der Waals surface area contributed by atoms with Gasteiger partial charge in [-0.1, -0.05) is 48.5 Å². The quantitative estimate of drug-likeness (QED) is 0.557. The Morgan fingerprint density at radius 1 is 1.04 bits per heavy atom. The third-order valence-corrected chi connectivity index (χ3v) is 4.75. The van der Waals surface area contributed by atoms with E-state index < -0.39 is 0 Å². The van der Waals surface area contributed by atoms with Crippen LogP contribution in [-0.4, -0.2) is 29.5 Å². The Hall–Kier alpha value is -3.08. The highest BCUT2D eigenvalue weighted by atomic mass is 16.5. The maximum Gasteiger partial charge on any atom is 0.306 e. The molecule has 0 radical (unpaired) electrons. The van der Waals surface area contributed by atoms with Crippen LogP contribution in [0.25, 0.3) is 10.9 Å². The summed E-state index contributed by atoms with van der Waals surface area (Å²) in [7, 11) is 0. The monoisotopic (exact) mass is 378 g/mol. The third kappa shape index (κ3) is 5.71. The molecule has 3 rings (SSSR count). The lowest BCUT2D eigenvalue weighted by Gasteiger charge is -2.14. The number of esters is 1. The predicted octanol–water partition coefficient (Wildman–Crippen LogP) is 3.78. The highest BCUT2D eigenvalue weighted by Crippen LogP contribution is 2.19. The minimum atomic E-state index is -0.364. The van der Waals surface area contributed by atoms with E-state index in [4.69, 9.17) is 4.74 Å². The molecule has 1 amide bonds. The zero-order chi connectivity index (χ0) is 19.8. The van der Waals surface area contributed by atoms with Crippen LogP contribution >= 0.6 is 0 Å². The smallest absolute Gasteiger partial charge is 0.306 e. The van der Waals surface area contributed by atoms with Crippen LogP contribution in [0, 0.1) is 0 Å². The lowest BCUT2D eigenvalue weighted by molar-refractivity contribution is -0.148. The molecule has 0 aliphatic rings. The van der Waals surface area contributed by atoms with Gasteiger partial charge in [0, 0.05) is 29.6 Å². The molecule has 0 spiro atoms. The van der Waals surface area contributed by atoms with Crippen molar-refractivity contribution in [3.8, 4) is 0 Å². The minimum Gasteiger partial charge on any atom is -0.456 e. The number of aromatic nitrogens is 1. The minimum absolute atomic E-state index is 0.0256. The summed E-state index contributed by atoms with van der Waals surface area (Å²) >= 11 is 0. The van der Waals surface area contributed by atoms with Crippen molar-refractivity contribution < 1.29 is 14.3 Å². The Morgan fingerprint density at radius 2 is 1.79 bits per heavy atom. The van der Waals surface area contributed by atoms with E-state index in [-0.39, 0.29) is 30.9 Å². The second-order valence-corrected chi connectivity index (χ2v) is 7.01. The van der Waals surface area contributed by atoms with Gasteiger partial charge in [0.15, 0.2) is 6.61 Å². The standard InChI is InChI=1S/C23H26N2O3/c1-17(11-12-18-7-3-2-4-8-18)25-22(26)16-28-23(27)14-13-19-15-24-21-10-6-5-9-20(19)21/h2-10,15,17,24H,11-14,16H2,1H3,(H,25,26). The summed E-state index contributed by atoms with van der Waals surface area (Å²) in [6.45, 7) is 1.72. The van der Waals surface area contributed by atoms with Gasteiger partial charge in [-0.05, 0) is 43.4 Å². The Kier molecular flexibility index (Phi) is 6.84. The van der Waals surface area contributed by atoms with Gasteiger partial charge in [-0.25, -0.2) is 0 Å². The number of aryl methyl sites for hydroxylation is 2. The zero-order valence-electron chi connectivity index (χ0n) is 16.1. The van der Waals surface area contributed by atoms with Crippen molar-refractivity contribution >= 4 is 22.8 Å². The summed E-state index contributed by atoms with van der Waals surface area (Å²) < 4.78 is 5.12. The van der Waals surface area contributed by atoms with Gasteiger partial charge in [0.05, 0.1) is 0 Å². The summed E-state index contributed by atoms with van der Waals surface area (Å²) in [5.74, 6) is -0.627. The third-order valence-electron chi connectivity index (χ3n) is 4.75. The van der Waals surface area contributed by atoms with Crippen molar-refractivity contribution in [1.82, 2.24) is 10.3 Å². The lowest BCUT2D eigenvalue weighted by Crippen LogP contribution is -2.36. The Balaban J connectivity index is 1.35. The van der Waals surface area contributed by atoms with E-state index in [0.717, 1.165) is 29.3 Å². The maximum atomic E-state index is 12.0. The first-order chi connectivity index (χ1) is 13.6. The van der Waals surface area contributed by atoms with E-state index in [1.54, 1.807) is 0 Å². The molecule has 2 aromatic carbocycles. The molecular weight excluding hydrogens is 352 g/mol. The number of nitrogens with one attached hydrogen (secondary N) is 2. The van der Waals surface area contributed by atoms with Crippen LogP contribution in [0.5, 0.6) is 0 Å². The largest absolute Gasteiger partial charge is 0.456 e. The van der Waals surface area contributed by atoms with Crippen molar-refractivity contribution in [3.63, 3.8) is 0 Å². The lowest BCUT2D eigenvalue weighted by atomic mass is 10.1. The summed E-state index contributed by atoms with van der Waals surface area (Å²) in [5, 5.41) is 3.99. The zero-order valence-corrected chi connectivity index (χ0v) is 16.1. The molecule has 28 heavy (non-hydrogen) atoms. The molecule has 0 saturated heterocycles.